The molecular formula is C15H27NO. The standard InChI is InChI=1S/C8H10.C4H11N.C3H6O/c1-7-5-3-4-6-8(7)2;1-2-3-4-5;1-3(2)4/h3-6H,1-2H3;2-5H2,1H3;1-2H3. The fourth-order valence-electron chi connectivity index (χ4n) is 0.867. The fraction of sp³-hybridized carbons (Fsp3) is 0.533. The highest BCUT2D eigenvalue weighted by molar-refractivity contribution is 5.72. The molecule has 0 saturated carbocycles. The number of ketones is 1. The smallest absolute Gasteiger partial charge is 0.126 e. The topological polar surface area (TPSA) is 43.1 Å². The molecule has 0 spiro atoms. The maximum atomic E-state index is 9.44. The summed E-state index contributed by atoms with van der Waals surface area (Å²) in [4.78, 5) is 9.44. The third kappa shape index (κ3) is 17.5. The van der Waals surface area contributed by atoms with Gasteiger partial charge < -0.3 is 10.5 Å². The van der Waals surface area contributed by atoms with Crippen molar-refractivity contribution in [3.8, 4) is 0 Å². The summed E-state index contributed by atoms with van der Waals surface area (Å²) < 4.78 is 0. The summed E-state index contributed by atoms with van der Waals surface area (Å²) in [5.74, 6) is 0.167. The molecule has 0 heterocycles. The van der Waals surface area contributed by atoms with Gasteiger partial charge in [-0.25, -0.2) is 0 Å². The molecule has 0 bridgehead atoms. The van der Waals surface area contributed by atoms with E-state index in [4.69, 9.17) is 5.73 Å². The van der Waals surface area contributed by atoms with Crippen molar-refractivity contribution in [2.24, 2.45) is 5.73 Å². The van der Waals surface area contributed by atoms with Crippen molar-refractivity contribution >= 4 is 5.78 Å². The van der Waals surface area contributed by atoms with Crippen molar-refractivity contribution in [3.05, 3.63) is 35.4 Å². The van der Waals surface area contributed by atoms with E-state index in [1.54, 1.807) is 0 Å². The third-order valence-electron chi connectivity index (χ3n) is 1.98. The molecule has 0 fully saturated rings. The molecule has 1 rings (SSSR count). The van der Waals surface area contributed by atoms with Crippen LogP contribution in [0.15, 0.2) is 24.3 Å². The van der Waals surface area contributed by atoms with Crippen molar-refractivity contribution in [3.63, 3.8) is 0 Å². The van der Waals surface area contributed by atoms with Gasteiger partial charge in [-0.05, 0) is 51.8 Å². The van der Waals surface area contributed by atoms with Gasteiger partial charge in [0.2, 0.25) is 0 Å². The molecule has 98 valence electrons. The van der Waals surface area contributed by atoms with Gasteiger partial charge >= 0.3 is 0 Å². The summed E-state index contributed by atoms with van der Waals surface area (Å²) in [7, 11) is 0. The first-order chi connectivity index (χ1) is 7.95. The summed E-state index contributed by atoms with van der Waals surface area (Å²) in [6.45, 7) is 10.3. The molecule has 0 aliphatic carbocycles. The summed E-state index contributed by atoms with van der Waals surface area (Å²) >= 11 is 0. The van der Waals surface area contributed by atoms with Crippen LogP contribution in [0.5, 0.6) is 0 Å². The Morgan fingerprint density at radius 1 is 1.12 bits per heavy atom. The summed E-state index contributed by atoms with van der Waals surface area (Å²) in [5, 5.41) is 0. The average Bonchev–Trinajstić information content (AvgIpc) is 2.24. The molecule has 0 unspecified atom stereocenters. The SMILES string of the molecule is CC(C)=O.CCCCN.Cc1ccccc1C. The van der Waals surface area contributed by atoms with Crippen LogP contribution in [0.1, 0.15) is 44.7 Å². The molecule has 0 saturated heterocycles. The normalized spacial score (nSPS) is 8.35. The number of rotatable bonds is 2. The number of Topliss-reactive ketones (excluding diaryl/α,β-unsaturated/α-hetero) is 1. The van der Waals surface area contributed by atoms with Gasteiger partial charge in [-0.15, -0.1) is 0 Å². The highest BCUT2D eigenvalue weighted by Gasteiger charge is 1.83. The van der Waals surface area contributed by atoms with Gasteiger partial charge in [0, 0.05) is 0 Å². The van der Waals surface area contributed by atoms with Crippen LogP contribution in [0.4, 0.5) is 0 Å². The average molecular weight is 237 g/mol. The summed E-state index contributed by atoms with van der Waals surface area (Å²) in [6.07, 6.45) is 2.39. The lowest BCUT2D eigenvalue weighted by Crippen LogP contribution is -1.95. The molecule has 0 atom stereocenters. The van der Waals surface area contributed by atoms with E-state index in [1.807, 2.05) is 0 Å². The maximum absolute atomic E-state index is 9.44. The zero-order chi connectivity index (χ0) is 13.7. The zero-order valence-electron chi connectivity index (χ0n) is 11.9. The fourth-order valence-corrected chi connectivity index (χ4v) is 0.867. The van der Waals surface area contributed by atoms with Gasteiger partial charge in [-0.1, -0.05) is 37.6 Å². The predicted molar refractivity (Wildman–Crippen MR) is 76.2 cm³/mol. The number of carbonyl (C=O) groups is 1. The molecule has 0 radical (unpaired) electrons. The van der Waals surface area contributed by atoms with E-state index in [0.29, 0.717) is 0 Å². The van der Waals surface area contributed by atoms with Crippen molar-refractivity contribution in [2.45, 2.75) is 47.5 Å². The molecule has 0 amide bonds. The van der Waals surface area contributed by atoms with E-state index in [1.165, 1.54) is 37.8 Å². The van der Waals surface area contributed by atoms with E-state index in [9.17, 15) is 4.79 Å². The minimum Gasteiger partial charge on any atom is -0.330 e. The van der Waals surface area contributed by atoms with E-state index >= 15 is 0 Å². The number of aryl methyl sites for hydroxylation is 2. The number of nitrogens with two attached hydrogens (primary N) is 1. The van der Waals surface area contributed by atoms with Crippen LogP contribution in [-0.2, 0) is 4.79 Å². The number of carbonyl (C=O) groups excluding carboxylic acids is 1. The van der Waals surface area contributed by atoms with Crippen LogP contribution in [-0.4, -0.2) is 12.3 Å². The number of unbranched alkanes of at least 4 members (excludes halogenated alkanes) is 1. The molecule has 0 aromatic heterocycles. The van der Waals surface area contributed by atoms with E-state index < -0.39 is 0 Å². The lowest BCUT2D eigenvalue weighted by atomic mass is 10.1. The van der Waals surface area contributed by atoms with E-state index in [-0.39, 0.29) is 5.78 Å². The molecule has 1 aromatic rings. The second-order valence-electron chi connectivity index (χ2n) is 4.13. The van der Waals surface area contributed by atoms with Crippen molar-refractivity contribution in [1.29, 1.82) is 0 Å². The van der Waals surface area contributed by atoms with Crippen molar-refractivity contribution < 1.29 is 4.79 Å². The first kappa shape index (κ1) is 18.2. The number of benzene rings is 1. The van der Waals surface area contributed by atoms with Gasteiger partial charge in [0.15, 0.2) is 0 Å². The Bertz CT molecular complexity index is 268. The minimum absolute atomic E-state index is 0.167. The Hall–Kier alpha value is -1.15. The highest BCUT2D eigenvalue weighted by atomic mass is 16.1. The number of hydrogen-bond donors (Lipinski definition) is 1. The molecule has 17 heavy (non-hydrogen) atoms. The molecule has 2 N–H and O–H groups in total. The monoisotopic (exact) mass is 237 g/mol. The quantitative estimate of drug-likeness (QED) is 0.853. The summed E-state index contributed by atoms with van der Waals surface area (Å²) in [5.41, 5.74) is 7.88. The van der Waals surface area contributed by atoms with Crippen LogP contribution in [0.2, 0.25) is 0 Å². The van der Waals surface area contributed by atoms with Crippen molar-refractivity contribution in [1.82, 2.24) is 0 Å². The largest absolute Gasteiger partial charge is 0.330 e. The van der Waals surface area contributed by atoms with Gasteiger partial charge in [0.05, 0.1) is 0 Å². The lowest BCUT2D eigenvalue weighted by Gasteiger charge is -1.93. The van der Waals surface area contributed by atoms with Crippen LogP contribution in [0.3, 0.4) is 0 Å². The van der Waals surface area contributed by atoms with E-state index in [2.05, 4.69) is 45.0 Å². The first-order valence-corrected chi connectivity index (χ1v) is 6.15. The van der Waals surface area contributed by atoms with Crippen molar-refractivity contribution in [2.75, 3.05) is 6.54 Å². The van der Waals surface area contributed by atoms with Gasteiger partial charge in [-0.3, -0.25) is 0 Å². The maximum Gasteiger partial charge on any atom is 0.126 e. The van der Waals surface area contributed by atoms with Crippen LogP contribution < -0.4 is 5.73 Å². The molecule has 2 heteroatoms. The van der Waals surface area contributed by atoms with Crippen LogP contribution in [0, 0.1) is 13.8 Å². The Labute approximate surface area is 106 Å². The Kier molecular flexibility index (Phi) is 13.8. The minimum atomic E-state index is 0.167. The van der Waals surface area contributed by atoms with Crippen LogP contribution >= 0.6 is 0 Å². The Morgan fingerprint density at radius 2 is 1.47 bits per heavy atom. The van der Waals surface area contributed by atoms with Crippen LogP contribution in [0.25, 0.3) is 0 Å². The third-order valence-corrected chi connectivity index (χ3v) is 1.98. The molecule has 0 aliphatic rings. The second-order valence-corrected chi connectivity index (χ2v) is 4.13. The number of hydrogen-bond acceptors (Lipinski definition) is 2. The first-order valence-electron chi connectivity index (χ1n) is 6.15. The van der Waals surface area contributed by atoms with Gasteiger partial charge in [0.25, 0.3) is 0 Å². The Morgan fingerprint density at radius 3 is 1.59 bits per heavy atom. The molecule has 1 aromatic carbocycles. The molecule has 2 nitrogen and oxygen atoms in total. The lowest BCUT2D eigenvalue weighted by molar-refractivity contribution is -0.114. The van der Waals surface area contributed by atoms with Gasteiger partial charge in [-0.2, -0.15) is 0 Å². The second kappa shape index (κ2) is 12.9. The van der Waals surface area contributed by atoms with E-state index in [0.717, 1.165) is 6.54 Å². The Balaban J connectivity index is 0. The molecular weight excluding hydrogens is 210 g/mol. The highest BCUT2D eigenvalue weighted by Crippen LogP contribution is 2.02. The summed E-state index contributed by atoms with van der Waals surface area (Å²) in [6, 6.07) is 8.36. The predicted octanol–water partition coefficient (Wildman–Crippen LogP) is 3.64. The van der Waals surface area contributed by atoms with Gasteiger partial charge in [0.1, 0.15) is 5.78 Å². The molecule has 0 aliphatic heterocycles. The zero-order valence-corrected chi connectivity index (χ0v) is 11.9.